The maximum atomic E-state index is 13.5. The molecule has 34 heavy (non-hydrogen) atoms. The van der Waals surface area contributed by atoms with E-state index in [-0.39, 0.29) is 11.8 Å². The van der Waals surface area contributed by atoms with Gasteiger partial charge in [0.15, 0.2) is 0 Å². The lowest BCUT2D eigenvalue weighted by Crippen LogP contribution is -2.63. The zero-order valence-corrected chi connectivity index (χ0v) is 20.9. The van der Waals surface area contributed by atoms with Crippen LogP contribution in [-0.2, 0) is 9.59 Å². The van der Waals surface area contributed by atoms with Crippen LogP contribution in [0.5, 0.6) is 5.75 Å². The summed E-state index contributed by atoms with van der Waals surface area (Å²) in [6.07, 6.45) is 3.67. The number of unbranched alkanes of at least 4 members (excludes halogenated alkanes) is 1. The molecule has 2 amide bonds. The molecular weight excluding hydrogens is 434 g/mol. The van der Waals surface area contributed by atoms with E-state index < -0.39 is 23.7 Å². The van der Waals surface area contributed by atoms with E-state index in [2.05, 4.69) is 19.2 Å². The number of carbonyl (C=O) groups excluding carboxylic acids is 2. The van der Waals surface area contributed by atoms with Crippen molar-refractivity contribution in [3.8, 4) is 5.75 Å². The molecule has 2 atom stereocenters. The van der Waals surface area contributed by atoms with Gasteiger partial charge in [0.1, 0.15) is 11.8 Å². The van der Waals surface area contributed by atoms with Gasteiger partial charge in [-0.25, -0.2) is 4.79 Å². The minimum absolute atomic E-state index is 0.103. The highest BCUT2D eigenvalue weighted by Gasteiger charge is 2.55. The second-order valence-electron chi connectivity index (χ2n) is 9.78. The summed E-state index contributed by atoms with van der Waals surface area (Å²) in [5.74, 6) is -0.326. The number of hydrogen-bond acceptors (Lipinski definition) is 5. The van der Waals surface area contributed by atoms with Crippen molar-refractivity contribution >= 4 is 17.8 Å². The first-order valence-electron chi connectivity index (χ1n) is 12.6. The highest BCUT2D eigenvalue weighted by molar-refractivity contribution is 5.97. The number of ether oxygens (including phenoxy) is 1. The molecule has 1 aromatic carbocycles. The number of benzene rings is 1. The number of piperidine rings is 1. The molecule has 188 valence electrons. The maximum absolute atomic E-state index is 13.5. The Morgan fingerprint density at radius 1 is 1.21 bits per heavy atom. The normalized spacial score (nSPS) is 20.7. The summed E-state index contributed by atoms with van der Waals surface area (Å²) < 4.78 is 5.64. The standard InChI is InChI=1S/C26H39N3O5/c1-5-7-11-21(25(32)33)29-24(31)20(17-18(3)4)27-26(29)13-15-28(16-14-26)23(30)19-10-8-9-12-22(19)34-6-2/h8-10,12,18,20-21,27H,5-7,11,13-17H2,1-4H3,(H,32,33). The zero-order chi connectivity index (χ0) is 24.9. The molecule has 0 radical (unpaired) electrons. The smallest absolute Gasteiger partial charge is 0.326 e. The number of para-hydroxylation sites is 1. The highest BCUT2D eigenvalue weighted by atomic mass is 16.5. The van der Waals surface area contributed by atoms with Crippen LogP contribution in [0.2, 0.25) is 0 Å². The number of carboxylic acid groups (broad SMARTS) is 1. The molecule has 0 aromatic heterocycles. The fraction of sp³-hybridized carbons (Fsp3) is 0.654. The van der Waals surface area contributed by atoms with Gasteiger partial charge in [0, 0.05) is 25.9 Å². The first kappa shape index (κ1) is 26.0. The molecule has 0 bridgehead atoms. The number of nitrogens with zero attached hydrogens (tertiary/aromatic N) is 2. The number of likely N-dealkylation sites (tertiary alicyclic amines) is 1. The second kappa shape index (κ2) is 11.2. The van der Waals surface area contributed by atoms with Crippen molar-refractivity contribution in [2.45, 2.75) is 84.0 Å². The van der Waals surface area contributed by atoms with Crippen LogP contribution in [0.1, 0.15) is 76.6 Å². The quantitative estimate of drug-likeness (QED) is 0.540. The first-order valence-corrected chi connectivity index (χ1v) is 12.6. The molecule has 2 saturated heterocycles. The maximum Gasteiger partial charge on any atom is 0.326 e. The largest absolute Gasteiger partial charge is 0.493 e. The lowest BCUT2D eigenvalue weighted by atomic mass is 9.92. The monoisotopic (exact) mass is 473 g/mol. The van der Waals surface area contributed by atoms with Crippen molar-refractivity contribution < 1.29 is 24.2 Å². The van der Waals surface area contributed by atoms with Crippen LogP contribution >= 0.6 is 0 Å². The number of amides is 2. The van der Waals surface area contributed by atoms with Gasteiger partial charge in [-0.3, -0.25) is 14.9 Å². The van der Waals surface area contributed by atoms with E-state index in [1.54, 1.807) is 21.9 Å². The number of carbonyl (C=O) groups is 3. The molecule has 8 nitrogen and oxygen atoms in total. The van der Waals surface area contributed by atoms with Crippen LogP contribution in [0.15, 0.2) is 24.3 Å². The van der Waals surface area contributed by atoms with E-state index in [9.17, 15) is 19.5 Å². The molecule has 0 saturated carbocycles. The zero-order valence-electron chi connectivity index (χ0n) is 20.9. The third-order valence-corrected chi connectivity index (χ3v) is 6.87. The summed E-state index contributed by atoms with van der Waals surface area (Å²) in [7, 11) is 0. The molecule has 1 aromatic rings. The number of nitrogens with one attached hydrogen (secondary N) is 1. The van der Waals surface area contributed by atoms with Gasteiger partial charge >= 0.3 is 5.97 Å². The Labute approximate surface area is 202 Å². The predicted octanol–water partition coefficient (Wildman–Crippen LogP) is 3.51. The highest BCUT2D eigenvalue weighted by Crippen LogP contribution is 2.37. The summed E-state index contributed by atoms with van der Waals surface area (Å²) in [6, 6.07) is 5.97. The van der Waals surface area contributed by atoms with E-state index >= 15 is 0 Å². The fourth-order valence-corrected chi connectivity index (χ4v) is 5.24. The lowest BCUT2D eigenvalue weighted by molar-refractivity contribution is -0.154. The summed E-state index contributed by atoms with van der Waals surface area (Å²) >= 11 is 0. The van der Waals surface area contributed by atoms with Crippen LogP contribution in [0.25, 0.3) is 0 Å². The molecule has 2 heterocycles. The minimum Gasteiger partial charge on any atom is -0.493 e. The van der Waals surface area contributed by atoms with Crippen LogP contribution in [0.3, 0.4) is 0 Å². The predicted molar refractivity (Wildman–Crippen MR) is 130 cm³/mol. The second-order valence-corrected chi connectivity index (χ2v) is 9.78. The van der Waals surface area contributed by atoms with Crippen LogP contribution < -0.4 is 10.1 Å². The molecule has 2 aliphatic rings. The Balaban J connectivity index is 1.83. The topological polar surface area (TPSA) is 99.2 Å². The first-order chi connectivity index (χ1) is 16.2. The van der Waals surface area contributed by atoms with Gasteiger partial charge in [-0.1, -0.05) is 45.7 Å². The Morgan fingerprint density at radius 3 is 2.47 bits per heavy atom. The summed E-state index contributed by atoms with van der Waals surface area (Å²) in [6.45, 7) is 9.37. The molecule has 2 fully saturated rings. The molecule has 2 aliphatic heterocycles. The van der Waals surface area contributed by atoms with Gasteiger partial charge in [-0.2, -0.15) is 0 Å². The number of rotatable bonds is 10. The summed E-state index contributed by atoms with van der Waals surface area (Å²) in [5, 5.41) is 13.6. The van der Waals surface area contributed by atoms with Gasteiger partial charge in [0.2, 0.25) is 5.91 Å². The van der Waals surface area contributed by atoms with Gasteiger partial charge in [0.05, 0.1) is 23.9 Å². The Kier molecular flexibility index (Phi) is 8.57. The SMILES string of the molecule is CCCCC(C(=O)O)N1C(=O)C(CC(C)C)NC12CCN(C(=O)c1ccccc1OCC)CC2. The van der Waals surface area contributed by atoms with Crippen LogP contribution in [0.4, 0.5) is 0 Å². The summed E-state index contributed by atoms with van der Waals surface area (Å²) in [5.41, 5.74) is -0.222. The lowest BCUT2D eigenvalue weighted by Gasteiger charge is -2.46. The van der Waals surface area contributed by atoms with Crippen molar-refractivity contribution in [3.63, 3.8) is 0 Å². The van der Waals surface area contributed by atoms with Crippen molar-refractivity contribution in [2.75, 3.05) is 19.7 Å². The fourth-order valence-electron chi connectivity index (χ4n) is 5.24. The number of hydrogen-bond donors (Lipinski definition) is 2. The van der Waals surface area contributed by atoms with Crippen molar-refractivity contribution in [1.82, 2.24) is 15.1 Å². The van der Waals surface area contributed by atoms with E-state index in [1.165, 1.54) is 0 Å². The Morgan fingerprint density at radius 2 is 1.88 bits per heavy atom. The van der Waals surface area contributed by atoms with E-state index in [1.807, 2.05) is 26.0 Å². The van der Waals surface area contributed by atoms with Gasteiger partial charge < -0.3 is 19.6 Å². The molecule has 3 rings (SSSR count). The van der Waals surface area contributed by atoms with Gasteiger partial charge in [-0.05, 0) is 37.8 Å². The van der Waals surface area contributed by atoms with E-state index in [0.717, 1.165) is 12.8 Å². The van der Waals surface area contributed by atoms with Gasteiger partial charge in [-0.15, -0.1) is 0 Å². The molecule has 8 heteroatoms. The van der Waals surface area contributed by atoms with E-state index in [4.69, 9.17) is 4.74 Å². The van der Waals surface area contributed by atoms with Crippen LogP contribution in [0, 0.1) is 5.92 Å². The molecule has 1 spiro atoms. The molecule has 0 aliphatic carbocycles. The average Bonchev–Trinajstić information content (AvgIpc) is 3.05. The van der Waals surface area contributed by atoms with E-state index in [0.29, 0.717) is 62.6 Å². The van der Waals surface area contributed by atoms with Crippen molar-refractivity contribution in [3.05, 3.63) is 29.8 Å². The summed E-state index contributed by atoms with van der Waals surface area (Å²) in [4.78, 5) is 42.4. The Bertz CT molecular complexity index is 879. The van der Waals surface area contributed by atoms with Gasteiger partial charge in [0.25, 0.3) is 5.91 Å². The molecule has 2 N–H and O–H groups in total. The number of carboxylic acids is 1. The number of aliphatic carboxylic acids is 1. The van der Waals surface area contributed by atoms with Crippen molar-refractivity contribution in [1.29, 1.82) is 0 Å². The minimum atomic E-state index is -0.961. The third kappa shape index (κ3) is 5.37. The Hall–Kier alpha value is -2.61. The third-order valence-electron chi connectivity index (χ3n) is 6.87. The van der Waals surface area contributed by atoms with Crippen molar-refractivity contribution in [2.24, 2.45) is 5.92 Å². The van der Waals surface area contributed by atoms with Crippen LogP contribution in [-0.4, -0.2) is 70.1 Å². The molecular formula is C26H39N3O5. The molecule has 2 unspecified atom stereocenters. The average molecular weight is 474 g/mol.